The first-order valence-electron chi connectivity index (χ1n) is 7.75. The third-order valence-electron chi connectivity index (χ3n) is 3.52. The predicted octanol–water partition coefficient (Wildman–Crippen LogP) is 2.53. The topological polar surface area (TPSA) is 45.5 Å². The van der Waals surface area contributed by atoms with Crippen molar-refractivity contribution in [2.75, 3.05) is 31.6 Å². The lowest BCUT2D eigenvalue weighted by molar-refractivity contribution is 0.554. The van der Waals surface area contributed by atoms with Crippen molar-refractivity contribution in [3.8, 4) is 0 Å². The lowest BCUT2D eigenvalue weighted by Gasteiger charge is -2.19. The minimum atomic E-state index is 0.427. The van der Waals surface area contributed by atoms with Crippen molar-refractivity contribution in [2.45, 2.75) is 33.6 Å². The van der Waals surface area contributed by atoms with Gasteiger partial charge in [-0.25, -0.2) is 9.50 Å². The number of hydrogen-bond acceptors (Lipinski definition) is 4. The smallest absolute Gasteiger partial charge is 0.154 e. The van der Waals surface area contributed by atoms with Crippen molar-refractivity contribution in [3.05, 3.63) is 24.2 Å². The number of fused-ring (bicyclic) bond motifs is 1. The van der Waals surface area contributed by atoms with Crippen LogP contribution in [0.15, 0.2) is 18.5 Å². The third kappa shape index (κ3) is 3.94. The van der Waals surface area contributed by atoms with E-state index >= 15 is 0 Å². The van der Waals surface area contributed by atoms with Crippen LogP contribution in [0.5, 0.6) is 0 Å². The second-order valence-corrected chi connectivity index (χ2v) is 6.32. The Morgan fingerprint density at radius 1 is 1.29 bits per heavy atom. The van der Waals surface area contributed by atoms with E-state index in [9.17, 15) is 0 Å². The van der Waals surface area contributed by atoms with Gasteiger partial charge in [-0.15, -0.1) is 0 Å². The Morgan fingerprint density at radius 3 is 2.71 bits per heavy atom. The molecule has 5 heteroatoms. The molecule has 0 fully saturated rings. The number of hydrogen-bond donors (Lipinski definition) is 1. The van der Waals surface area contributed by atoms with Crippen molar-refractivity contribution in [1.82, 2.24) is 19.9 Å². The molecular weight excluding hydrogens is 262 g/mol. The van der Waals surface area contributed by atoms with Crippen molar-refractivity contribution >= 4 is 11.3 Å². The maximum Gasteiger partial charge on any atom is 0.154 e. The van der Waals surface area contributed by atoms with Gasteiger partial charge in [-0.1, -0.05) is 27.7 Å². The monoisotopic (exact) mass is 289 g/mol. The average molecular weight is 289 g/mol. The van der Waals surface area contributed by atoms with Crippen LogP contribution in [0.3, 0.4) is 0 Å². The van der Waals surface area contributed by atoms with Gasteiger partial charge in [0.2, 0.25) is 0 Å². The molecule has 0 bridgehead atoms. The molecule has 5 nitrogen and oxygen atoms in total. The highest BCUT2D eigenvalue weighted by atomic mass is 15.3. The standard InChI is InChI=1S/C16H27N5/c1-12(2)11-17-6-8-20(5)16-15-10-14(13(3)4)19-21(15)9-7-18-16/h7,9-10,12-13,17H,6,8,11H2,1-5H3. The molecule has 2 aromatic heterocycles. The zero-order valence-electron chi connectivity index (χ0n) is 13.8. The molecule has 0 radical (unpaired) electrons. The molecule has 0 amide bonds. The minimum Gasteiger partial charge on any atom is -0.357 e. The van der Waals surface area contributed by atoms with Crippen LogP contribution in [0, 0.1) is 5.92 Å². The summed E-state index contributed by atoms with van der Waals surface area (Å²) in [5.41, 5.74) is 2.18. The van der Waals surface area contributed by atoms with Gasteiger partial charge in [-0.05, 0) is 24.4 Å². The summed E-state index contributed by atoms with van der Waals surface area (Å²) in [4.78, 5) is 6.72. The number of likely N-dealkylation sites (N-methyl/N-ethyl adjacent to an activating group) is 1. The summed E-state index contributed by atoms with van der Waals surface area (Å²) in [5.74, 6) is 2.10. The molecule has 1 N–H and O–H groups in total. The number of aromatic nitrogens is 3. The molecule has 2 aromatic rings. The number of rotatable bonds is 7. The molecule has 0 unspecified atom stereocenters. The third-order valence-corrected chi connectivity index (χ3v) is 3.52. The fraction of sp³-hybridized carbons (Fsp3) is 0.625. The highest BCUT2D eigenvalue weighted by Gasteiger charge is 2.12. The van der Waals surface area contributed by atoms with Crippen LogP contribution in [0.1, 0.15) is 39.3 Å². The van der Waals surface area contributed by atoms with Gasteiger partial charge >= 0.3 is 0 Å². The normalized spacial score (nSPS) is 11.8. The fourth-order valence-corrected chi connectivity index (χ4v) is 2.25. The van der Waals surface area contributed by atoms with Gasteiger partial charge < -0.3 is 10.2 Å². The fourth-order valence-electron chi connectivity index (χ4n) is 2.25. The van der Waals surface area contributed by atoms with Gasteiger partial charge in [0.05, 0.1) is 5.69 Å². The molecule has 0 aliphatic heterocycles. The Labute approximate surface area is 127 Å². The molecule has 2 heterocycles. The Hall–Kier alpha value is -1.62. The summed E-state index contributed by atoms with van der Waals surface area (Å²) in [6.07, 6.45) is 3.73. The molecule has 0 spiro atoms. The zero-order chi connectivity index (χ0) is 15.4. The highest BCUT2D eigenvalue weighted by Crippen LogP contribution is 2.21. The Bertz CT molecular complexity index is 573. The van der Waals surface area contributed by atoms with E-state index in [2.05, 4.69) is 61.1 Å². The Balaban J connectivity index is 2.09. The van der Waals surface area contributed by atoms with Crippen LogP contribution in [0.2, 0.25) is 0 Å². The van der Waals surface area contributed by atoms with Gasteiger partial charge in [0.25, 0.3) is 0 Å². The predicted molar refractivity (Wildman–Crippen MR) is 88.1 cm³/mol. The van der Waals surface area contributed by atoms with Crippen molar-refractivity contribution in [1.29, 1.82) is 0 Å². The van der Waals surface area contributed by atoms with E-state index in [0.29, 0.717) is 11.8 Å². The van der Waals surface area contributed by atoms with Gasteiger partial charge in [0.1, 0.15) is 5.52 Å². The van der Waals surface area contributed by atoms with Crippen molar-refractivity contribution in [2.24, 2.45) is 5.92 Å². The van der Waals surface area contributed by atoms with E-state index in [1.807, 2.05) is 16.9 Å². The molecule has 0 aromatic carbocycles. The van der Waals surface area contributed by atoms with Gasteiger partial charge in [0.15, 0.2) is 5.82 Å². The molecule has 21 heavy (non-hydrogen) atoms. The van der Waals surface area contributed by atoms with Gasteiger partial charge in [-0.3, -0.25) is 0 Å². The van der Waals surface area contributed by atoms with Crippen molar-refractivity contribution in [3.63, 3.8) is 0 Å². The number of anilines is 1. The summed E-state index contributed by atoms with van der Waals surface area (Å²) in [6.45, 7) is 11.7. The lowest BCUT2D eigenvalue weighted by Crippen LogP contribution is -2.31. The number of nitrogens with zero attached hydrogens (tertiary/aromatic N) is 4. The van der Waals surface area contributed by atoms with Crippen molar-refractivity contribution < 1.29 is 0 Å². The molecular formula is C16H27N5. The molecule has 0 aliphatic rings. The summed E-state index contributed by atoms with van der Waals surface area (Å²) < 4.78 is 1.93. The lowest BCUT2D eigenvalue weighted by atomic mass is 10.1. The van der Waals surface area contributed by atoms with E-state index in [4.69, 9.17) is 0 Å². The first-order chi connectivity index (χ1) is 9.99. The molecule has 0 atom stereocenters. The summed E-state index contributed by atoms with van der Waals surface area (Å²) >= 11 is 0. The summed E-state index contributed by atoms with van der Waals surface area (Å²) in [5, 5.41) is 8.07. The maximum atomic E-state index is 4.61. The van der Waals surface area contributed by atoms with Gasteiger partial charge in [0, 0.05) is 32.5 Å². The first kappa shape index (κ1) is 15.8. The average Bonchev–Trinajstić information content (AvgIpc) is 2.87. The zero-order valence-corrected chi connectivity index (χ0v) is 13.8. The van der Waals surface area contributed by atoms with E-state index < -0.39 is 0 Å². The van der Waals surface area contributed by atoms with Crippen LogP contribution in [0.4, 0.5) is 5.82 Å². The maximum absolute atomic E-state index is 4.61. The quantitative estimate of drug-likeness (QED) is 0.796. The van der Waals surface area contributed by atoms with E-state index in [-0.39, 0.29) is 0 Å². The minimum absolute atomic E-state index is 0.427. The summed E-state index contributed by atoms with van der Waals surface area (Å²) in [6, 6.07) is 2.14. The van der Waals surface area contributed by atoms with Crippen LogP contribution in [-0.4, -0.2) is 41.3 Å². The first-order valence-corrected chi connectivity index (χ1v) is 7.75. The van der Waals surface area contributed by atoms with E-state index in [0.717, 1.165) is 36.7 Å². The van der Waals surface area contributed by atoms with Crippen LogP contribution >= 0.6 is 0 Å². The molecule has 116 valence electrons. The largest absolute Gasteiger partial charge is 0.357 e. The molecule has 0 saturated carbocycles. The van der Waals surface area contributed by atoms with Crippen LogP contribution < -0.4 is 10.2 Å². The van der Waals surface area contributed by atoms with Crippen LogP contribution in [-0.2, 0) is 0 Å². The Kier molecular flexibility index (Phi) is 5.17. The van der Waals surface area contributed by atoms with Gasteiger partial charge in [-0.2, -0.15) is 5.10 Å². The van der Waals surface area contributed by atoms with Crippen LogP contribution in [0.25, 0.3) is 5.52 Å². The van der Waals surface area contributed by atoms with E-state index in [1.165, 1.54) is 0 Å². The Morgan fingerprint density at radius 2 is 2.05 bits per heavy atom. The van der Waals surface area contributed by atoms with E-state index in [1.54, 1.807) is 0 Å². The molecule has 2 rings (SSSR count). The number of nitrogens with one attached hydrogen (secondary N) is 1. The second kappa shape index (κ2) is 6.89. The second-order valence-electron chi connectivity index (χ2n) is 6.32. The molecule has 0 saturated heterocycles. The SMILES string of the molecule is CC(C)CNCCN(C)c1nccn2nc(C(C)C)cc12. The summed E-state index contributed by atoms with van der Waals surface area (Å²) in [7, 11) is 2.08. The highest BCUT2D eigenvalue weighted by molar-refractivity contribution is 5.68. The molecule has 0 aliphatic carbocycles.